The lowest BCUT2D eigenvalue weighted by Gasteiger charge is -2.07. The van der Waals surface area contributed by atoms with Gasteiger partial charge in [0.1, 0.15) is 5.69 Å². The zero-order valence-corrected chi connectivity index (χ0v) is 9.90. The Hall–Kier alpha value is -1.95. The molecular formula is C11H10N2O3S. The largest absolute Gasteiger partial charge is 0.477 e. The highest BCUT2D eigenvalue weighted by atomic mass is 32.1. The van der Waals surface area contributed by atoms with E-state index in [-0.39, 0.29) is 17.8 Å². The Morgan fingerprint density at radius 2 is 2.29 bits per heavy atom. The van der Waals surface area contributed by atoms with Crippen molar-refractivity contribution >= 4 is 17.3 Å². The first-order valence-corrected chi connectivity index (χ1v) is 5.80. The number of carboxylic acid groups (broad SMARTS) is 1. The number of carboxylic acids is 1. The van der Waals surface area contributed by atoms with Gasteiger partial charge in [-0.05, 0) is 13.0 Å². The number of carbonyl (C=O) groups is 1. The van der Waals surface area contributed by atoms with Crippen molar-refractivity contribution in [3.8, 4) is 0 Å². The van der Waals surface area contributed by atoms with E-state index in [4.69, 9.17) is 5.11 Å². The highest BCUT2D eigenvalue weighted by Gasteiger charge is 2.11. The SMILES string of the molecule is Cc1nc(Cn2c(C(=O)O)cccc2=O)cs1. The van der Waals surface area contributed by atoms with Gasteiger partial charge in [-0.3, -0.25) is 9.36 Å². The van der Waals surface area contributed by atoms with Crippen LogP contribution in [0.2, 0.25) is 0 Å². The smallest absolute Gasteiger partial charge is 0.352 e. The molecule has 0 fully saturated rings. The van der Waals surface area contributed by atoms with Gasteiger partial charge in [-0.15, -0.1) is 11.3 Å². The highest BCUT2D eigenvalue weighted by Crippen LogP contribution is 2.09. The summed E-state index contributed by atoms with van der Waals surface area (Å²) in [5.41, 5.74) is 0.335. The molecule has 2 heterocycles. The van der Waals surface area contributed by atoms with Crippen LogP contribution in [0.25, 0.3) is 0 Å². The van der Waals surface area contributed by atoms with Gasteiger partial charge in [0.05, 0.1) is 17.2 Å². The Kier molecular flexibility index (Phi) is 3.06. The van der Waals surface area contributed by atoms with Crippen LogP contribution in [0.4, 0.5) is 0 Å². The molecule has 5 nitrogen and oxygen atoms in total. The third-order valence-electron chi connectivity index (χ3n) is 2.26. The molecule has 0 amide bonds. The van der Waals surface area contributed by atoms with Crippen LogP contribution in [0.3, 0.4) is 0 Å². The molecule has 2 aromatic heterocycles. The number of thiazole rings is 1. The number of aromatic carboxylic acids is 1. The first-order valence-electron chi connectivity index (χ1n) is 4.92. The molecule has 0 aliphatic carbocycles. The van der Waals surface area contributed by atoms with Crippen LogP contribution < -0.4 is 5.56 Å². The number of rotatable bonds is 3. The minimum absolute atomic E-state index is 0.0249. The Morgan fingerprint density at radius 1 is 1.53 bits per heavy atom. The molecule has 0 aromatic carbocycles. The Bertz CT molecular complexity index is 615. The minimum atomic E-state index is -1.12. The monoisotopic (exact) mass is 250 g/mol. The average molecular weight is 250 g/mol. The fourth-order valence-electron chi connectivity index (χ4n) is 1.51. The molecule has 88 valence electrons. The molecule has 0 aliphatic heterocycles. The van der Waals surface area contributed by atoms with E-state index in [2.05, 4.69) is 4.98 Å². The van der Waals surface area contributed by atoms with Gasteiger partial charge in [-0.25, -0.2) is 9.78 Å². The molecule has 6 heteroatoms. The molecular weight excluding hydrogens is 240 g/mol. The lowest BCUT2D eigenvalue weighted by Crippen LogP contribution is -2.25. The van der Waals surface area contributed by atoms with E-state index in [9.17, 15) is 9.59 Å². The molecule has 0 unspecified atom stereocenters. The van der Waals surface area contributed by atoms with Crippen molar-refractivity contribution in [1.82, 2.24) is 9.55 Å². The third-order valence-corrected chi connectivity index (χ3v) is 3.08. The van der Waals surface area contributed by atoms with E-state index >= 15 is 0 Å². The topological polar surface area (TPSA) is 72.2 Å². The van der Waals surface area contributed by atoms with Gasteiger partial charge < -0.3 is 5.11 Å². The molecule has 0 spiro atoms. The molecule has 0 atom stereocenters. The van der Waals surface area contributed by atoms with Crippen LogP contribution in [0.5, 0.6) is 0 Å². The molecule has 0 aliphatic rings. The van der Waals surface area contributed by atoms with Gasteiger partial charge in [-0.1, -0.05) is 6.07 Å². The summed E-state index contributed by atoms with van der Waals surface area (Å²) >= 11 is 1.47. The number of nitrogens with zero attached hydrogens (tertiary/aromatic N) is 2. The van der Waals surface area contributed by atoms with E-state index in [0.29, 0.717) is 5.69 Å². The summed E-state index contributed by atoms with van der Waals surface area (Å²) in [5.74, 6) is -1.12. The fourth-order valence-corrected chi connectivity index (χ4v) is 2.12. The molecule has 0 bridgehead atoms. The molecule has 2 rings (SSSR count). The predicted octanol–water partition coefficient (Wildman–Crippen LogP) is 1.36. The Morgan fingerprint density at radius 3 is 2.88 bits per heavy atom. The average Bonchev–Trinajstić information content (AvgIpc) is 2.67. The second-order valence-electron chi connectivity index (χ2n) is 3.50. The number of hydrogen-bond donors (Lipinski definition) is 1. The first-order chi connectivity index (χ1) is 8.08. The molecule has 0 saturated heterocycles. The number of hydrogen-bond acceptors (Lipinski definition) is 4. The van der Waals surface area contributed by atoms with Crippen LogP contribution in [0.1, 0.15) is 21.2 Å². The van der Waals surface area contributed by atoms with E-state index in [1.54, 1.807) is 0 Å². The van der Waals surface area contributed by atoms with Gasteiger partial charge in [-0.2, -0.15) is 0 Å². The van der Waals surface area contributed by atoms with Crippen LogP contribution in [0.15, 0.2) is 28.4 Å². The maximum absolute atomic E-state index is 11.6. The minimum Gasteiger partial charge on any atom is -0.477 e. The van der Waals surface area contributed by atoms with Crippen molar-refractivity contribution in [2.75, 3.05) is 0 Å². The van der Waals surface area contributed by atoms with Gasteiger partial charge in [0, 0.05) is 11.4 Å². The number of aryl methyl sites for hydroxylation is 1. The van der Waals surface area contributed by atoms with Gasteiger partial charge in [0.2, 0.25) is 0 Å². The summed E-state index contributed by atoms with van der Waals surface area (Å²) in [6.45, 7) is 2.05. The molecule has 0 radical (unpaired) electrons. The zero-order chi connectivity index (χ0) is 12.4. The highest BCUT2D eigenvalue weighted by molar-refractivity contribution is 7.09. The predicted molar refractivity (Wildman–Crippen MR) is 63.6 cm³/mol. The quantitative estimate of drug-likeness (QED) is 0.892. The second kappa shape index (κ2) is 4.50. The van der Waals surface area contributed by atoms with Crippen molar-refractivity contribution in [2.45, 2.75) is 13.5 Å². The summed E-state index contributed by atoms with van der Waals surface area (Å²) in [7, 11) is 0. The summed E-state index contributed by atoms with van der Waals surface area (Å²) in [4.78, 5) is 26.8. The van der Waals surface area contributed by atoms with Crippen LogP contribution in [0, 0.1) is 6.92 Å². The van der Waals surface area contributed by atoms with Crippen molar-refractivity contribution in [1.29, 1.82) is 0 Å². The first kappa shape index (κ1) is 11.5. The van der Waals surface area contributed by atoms with Crippen LogP contribution in [-0.2, 0) is 6.54 Å². The normalized spacial score (nSPS) is 10.4. The molecule has 17 heavy (non-hydrogen) atoms. The summed E-state index contributed by atoms with van der Waals surface area (Å²) in [6, 6.07) is 4.18. The van der Waals surface area contributed by atoms with Crippen molar-refractivity contribution in [3.05, 3.63) is 50.3 Å². The van der Waals surface area contributed by atoms with Gasteiger partial charge in [0.15, 0.2) is 0 Å². The van der Waals surface area contributed by atoms with E-state index < -0.39 is 5.97 Å². The maximum Gasteiger partial charge on any atom is 0.352 e. The van der Waals surface area contributed by atoms with Gasteiger partial charge in [0.25, 0.3) is 5.56 Å². The van der Waals surface area contributed by atoms with Crippen LogP contribution >= 0.6 is 11.3 Å². The molecule has 2 aromatic rings. The zero-order valence-electron chi connectivity index (χ0n) is 9.08. The van der Waals surface area contributed by atoms with Gasteiger partial charge >= 0.3 is 5.97 Å². The lowest BCUT2D eigenvalue weighted by molar-refractivity contribution is 0.0684. The summed E-state index contributed by atoms with van der Waals surface area (Å²) < 4.78 is 1.21. The summed E-state index contributed by atoms with van der Waals surface area (Å²) in [6.07, 6.45) is 0. The van der Waals surface area contributed by atoms with Crippen LogP contribution in [-0.4, -0.2) is 20.6 Å². The molecule has 0 saturated carbocycles. The maximum atomic E-state index is 11.6. The van der Waals surface area contributed by atoms with E-state index in [1.807, 2.05) is 12.3 Å². The fraction of sp³-hybridized carbons (Fsp3) is 0.182. The number of pyridine rings is 1. The summed E-state index contributed by atoms with van der Waals surface area (Å²) in [5, 5.41) is 11.7. The van der Waals surface area contributed by atoms with Crippen molar-refractivity contribution in [2.24, 2.45) is 0 Å². The van der Waals surface area contributed by atoms with E-state index in [0.717, 1.165) is 5.01 Å². The van der Waals surface area contributed by atoms with Crippen molar-refractivity contribution < 1.29 is 9.90 Å². The second-order valence-corrected chi connectivity index (χ2v) is 4.56. The van der Waals surface area contributed by atoms with Crippen molar-refractivity contribution in [3.63, 3.8) is 0 Å². The standard InChI is InChI=1S/C11H10N2O3S/c1-7-12-8(6-17-7)5-13-9(11(15)16)3-2-4-10(13)14/h2-4,6H,5H2,1H3,(H,15,16). The Labute approximate surface area is 101 Å². The third kappa shape index (κ3) is 2.42. The molecule has 1 N–H and O–H groups in total. The lowest BCUT2D eigenvalue weighted by atomic mass is 10.3. The Balaban J connectivity index is 2.44. The number of aromatic nitrogens is 2. The van der Waals surface area contributed by atoms with E-state index in [1.165, 1.54) is 34.1 Å².